The van der Waals surface area contributed by atoms with Gasteiger partial charge in [0.05, 0.1) is 7.11 Å². The molecule has 0 aliphatic heterocycles. The van der Waals surface area contributed by atoms with E-state index in [1.54, 1.807) is 48.5 Å². The molecule has 4 N–H and O–H groups in total. The van der Waals surface area contributed by atoms with Crippen molar-refractivity contribution in [2.75, 3.05) is 7.11 Å². The van der Waals surface area contributed by atoms with Crippen molar-refractivity contribution in [2.45, 2.75) is 72.5 Å². The number of guanidine groups is 1. The van der Waals surface area contributed by atoms with Crippen LogP contribution in [0.5, 0.6) is 0 Å². The monoisotopic (exact) mass is 452 g/mol. The Bertz CT molecular complexity index is 904. The zero-order chi connectivity index (χ0) is 24.9. The Morgan fingerprint density at radius 1 is 0.938 bits per heavy atom. The van der Waals surface area contributed by atoms with Gasteiger partial charge in [-0.2, -0.15) is 0 Å². The van der Waals surface area contributed by atoms with E-state index in [1.807, 2.05) is 0 Å². The molecule has 0 aliphatic rings. The van der Waals surface area contributed by atoms with Crippen LogP contribution in [0.3, 0.4) is 0 Å². The Morgan fingerprint density at radius 2 is 1.50 bits per heavy atom. The molecule has 0 unspecified atom stereocenters. The number of amides is 2. The smallest absolute Gasteiger partial charge is 0.414 e. The largest absolute Gasteiger partial charge is 0.469 e. The highest BCUT2D eigenvalue weighted by atomic mass is 16.6. The lowest BCUT2D eigenvalue weighted by molar-refractivity contribution is -0.140. The topological polar surface area (TPSA) is 160 Å². The quantitative estimate of drug-likeness (QED) is 0.231. The average molecular weight is 453 g/mol. The third-order valence-electron chi connectivity index (χ3n) is 3.88. The van der Waals surface area contributed by atoms with Crippen LogP contribution in [-0.4, -0.2) is 53.2 Å². The van der Waals surface area contributed by atoms with Crippen molar-refractivity contribution in [1.82, 2.24) is 15.6 Å². The molecule has 1 aromatic heterocycles. The van der Waals surface area contributed by atoms with Crippen LogP contribution < -0.4 is 10.6 Å². The Balaban J connectivity index is 3.14. The molecule has 0 saturated carbocycles. The van der Waals surface area contributed by atoms with E-state index in [9.17, 15) is 19.2 Å². The fraction of sp³-hybridized carbons (Fsp3) is 0.571. The van der Waals surface area contributed by atoms with Crippen LogP contribution in [0.15, 0.2) is 0 Å². The molecule has 0 aromatic carbocycles. The first-order valence-electron chi connectivity index (χ1n) is 9.95. The van der Waals surface area contributed by atoms with E-state index in [2.05, 4.69) is 20.4 Å². The zero-order valence-corrected chi connectivity index (χ0v) is 19.8. The predicted octanol–water partition coefficient (Wildman–Crippen LogP) is 2.57. The van der Waals surface area contributed by atoms with Gasteiger partial charge in [-0.05, 0) is 66.0 Å². The van der Waals surface area contributed by atoms with E-state index >= 15 is 0 Å². The number of methoxy groups -OCH3 is 1. The molecule has 11 heteroatoms. The average Bonchev–Trinajstić information content (AvgIpc) is 2.92. The zero-order valence-electron chi connectivity index (χ0n) is 19.8. The maximum absolute atomic E-state index is 12.8. The van der Waals surface area contributed by atoms with E-state index in [-0.39, 0.29) is 24.2 Å². The van der Waals surface area contributed by atoms with Crippen LogP contribution in [-0.2, 0) is 25.4 Å². The second-order valence-electron chi connectivity index (χ2n) is 9.01. The number of aromatic nitrogens is 1. The molecule has 1 rings (SSSR count). The molecular formula is C21H32N4O7. The highest BCUT2D eigenvalue weighted by Crippen LogP contribution is 2.23. The Kier molecular flexibility index (Phi) is 8.58. The number of ether oxygens (including phenoxy) is 3. The van der Waals surface area contributed by atoms with Crippen molar-refractivity contribution in [2.24, 2.45) is 0 Å². The molecule has 1 heterocycles. The summed E-state index contributed by atoms with van der Waals surface area (Å²) in [6.07, 6.45) is -0.838. The van der Waals surface area contributed by atoms with Gasteiger partial charge in [0.25, 0.3) is 5.91 Å². The molecule has 178 valence electrons. The molecule has 32 heavy (non-hydrogen) atoms. The molecule has 0 saturated heterocycles. The number of rotatable bonds is 5. The Morgan fingerprint density at radius 3 is 2.00 bits per heavy atom. The summed E-state index contributed by atoms with van der Waals surface area (Å²) >= 11 is 0. The molecule has 0 radical (unpaired) electrons. The molecular weight excluding hydrogens is 420 g/mol. The van der Waals surface area contributed by atoms with Gasteiger partial charge in [0.2, 0.25) is 5.96 Å². The van der Waals surface area contributed by atoms with Gasteiger partial charge in [-0.25, -0.2) is 9.59 Å². The minimum Gasteiger partial charge on any atom is -0.469 e. The minimum atomic E-state index is -0.911. The summed E-state index contributed by atoms with van der Waals surface area (Å²) in [4.78, 5) is 51.5. The van der Waals surface area contributed by atoms with Crippen LogP contribution in [0.4, 0.5) is 4.79 Å². The summed E-state index contributed by atoms with van der Waals surface area (Å²) in [5.41, 5.74) is -0.713. The minimum absolute atomic E-state index is 0.0309. The fourth-order valence-electron chi connectivity index (χ4n) is 2.61. The molecule has 2 amide bonds. The molecule has 0 fully saturated rings. The number of aromatic amines is 1. The van der Waals surface area contributed by atoms with E-state index in [0.29, 0.717) is 11.1 Å². The first-order chi connectivity index (χ1) is 14.5. The van der Waals surface area contributed by atoms with Gasteiger partial charge in [-0.15, -0.1) is 0 Å². The highest BCUT2D eigenvalue weighted by molar-refractivity contribution is 6.08. The molecule has 0 atom stereocenters. The second-order valence-corrected chi connectivity index (χ2v) is 9.01. The first-order valence-corrected chi connectivity index (χ1v) is 9.95. The van der Waals surface area contributed by atoms with Crippen molar-refractivity contribution in [3.63, 3.8) is 0 Å². The van der Waals surface area contributed by atoms with Crippen LogP contribution in [0.1, 0.15) is 80.1 Å². The van der Waals surface area contributed by atoms with Gasteiger partial charge in [-0.1, -0.05) is 0 Å². The van der Waals surface area contributed by atoms with Crippen molar-refractivity contribution >= 4 is 29.9 Å². The van der Waals surface area contributed by atoms with Crippen LogP contribution in [0, 0.1) is 12.3 Å². The maximum Gasteiger partial charge on any atom is 0.414 e. The fourth-order valence-corrected chi connectivity index (χ4v) is 2.61. The van der Waals surface area contributed by atoms with Crippen LogP contribution in [0.2, 0.25) is 0 Å². The highest BCUT2D eigenvalue weighted by Gasteiger charge is 2.28. The number of alkyl carbamates (subject to hydrolysis) is 1. The third-order valence-corrected chi connectivity index (χ3v) is 3.88. The number of esters is 2. The second kappa shape index (κ2) is 10.3. The Labute approximate surface area is 187 Å². The maximum atomic E-state index is 12.8. The first kappa shape index (κ1) is 26.7. The summed E-state index contributed by atoms with van der Waals surface area (Å²) in [6.45, 7) is 11.7. The summed E-state index contributed by atoms with van der Waals surface area (Å²) in [5.74, 6) is -2.57. The predicted molar refractivity (Wildman–Crippen MR) is 116 cm³/mol. The lowest BCUT2D eigenvalue weighted by atomic mass is 10.0. The number of H-pyrrole nitrogens is 1. The van der Waals surface area contributed by atoms with Gasteiger partial charge in [0, 0.05) is 6.42 Å². The Hall–Kier alpha value is -3.37. The number of hydrogen-bond acceptors (Lipinski definition) is 8. The van der Waals surface area contributed by atoms with Crippen LogP contribution >= 0.6 is 0 Å². The van der Waals surface area contributed by atoms with Crippen molar-refractivity contribution in [1.29, 1.82) is 5.41 Å². The van der Waals surface area contributed by atoms with Crippen molar-refractivity contribution in [3.05, 3.63) is 22.5 Å². The van der Waals surface area contributed by atoms with E-state index < -0.39 is 41.1 Å². The number of hydrogen-bond donors (Lipinski definition) is 4. The molecule has 11 nitrogen and oxygen atoms in total. The normalized spacial score (nSPS) is 11.4. The van der Waals surface area contributed by atoms with Crippen LogP contribution in [0.25, 0.3) is 0 Å². The van der Waals surface area contributed by atoms with Gasteiger partial charge in [-0.3, -0.25) is 25.6 Å². The summed E-state index contributed by atoms with van der Waals surface area (Å²) < 4.78 is 15.0. The van der Waals surface area contributed by atoms with Crippen molar-refractivity contribution in [3.8, 4) is 0 Å². The standard InChI is InChI=1S/C21H32N4O7/c1-11-12(9-10-13(26)30-8)15(23-14(11)17(28)31-20(2,3)4)16(27)24-18(22)25-19(29)32-21(5,6)7/h23H,9-10H2,1-8H3,(H3,22,24,25,27,29). The van der Waals surface area contributed by atoms with Gasteiger partial charge in [0.15, 0.2) is 0 Å². The lowest BCUT2D eigenvalue weighted by Crippen LogP contribution is -2.45. The summed E-state index contributed by atoms with van der Waals surface area (Å²) in [6, 6.07) is 0. The third kappa shape index (κ3) is 8.40. The molecule has 0 bridgehead atoms. The van der Waals surface area contributed by atoms with Gasteiger partial charge >= 0.3 is 18.0 Å². The molecule has 1 aromatic rings. The number of carbonyl (C=O) groups is 4. The van der Waals surface area contributed by atoms with Gasteiger partial charge < -0.3 is 19.2 Å². The van der Waals surface area contributed by atoms with Gasteiger partial charge in [0.1, 0.15) is 22.6 Å². The molecule has 0 spiro atoms. The summed E-state index contributed by atoms with van der Waals surface area (Å²) in [5, 5.41) is 12.1. The number of carbonyl (C=O) groups excluding carboxylic acids is 4. The van der Waals surface area contributed by atoms with E-state index in [4.69, 9.17) is 14.9 Å². The van der Waals surface area contributed by atoms with Crippen molar-refractivity contribution < 1.29 is 33.4 Å². The molecule has 0 aliphatic carbocycles. The van der Waals surface area contributed by atoms with E-state index in [0.717, 1.165) is 0 Å². The lowest BCUT2D eigenvalue weighted by Gasteiger charge is -2.19. The SMILES string of the molecule is COC(=O)CCc1c(C(=O)NC(=N)NC(=O)OC(C)(C)C)[nH]c(C(=O)OC(C)(C)C)c1C. The van der Waals surface area contributed by atoms with E-state index in [1.165, 1.54) is 7.11 Å². The summed E-state index contributed by atoms with van der Waals surface area (Å²) in [7, 11) is 1.25. The number of nitrogens with one attached hydrogen (secondary N) is 4.